The Morgan fingerprint density at radius 3 is 2.23 bits per heavy atom. The molecule has 1 aromatic heterocycles. The molecular formula is C4H5BF3N2O2S-. The minimum Gasteiger partial charge on any atom is -0.445 e. The molecule has 0 saturated carbocycles. The molecule has 1 heterocycles. The number of hydrogen-bond donors (Lipinski definition) is 0. The van der Waals surface area contributed by atoms with Crippen LogP contribution < -0.4 is 5.46 Å². The van der Waals surface area contributed by atoms with Gasteiger partial charge >= 0.3 is 6.98 Å². The van der Waals surface area contributed by atoms with Gasteiger partial charge in [0, 0.05) is 12.4 Å². The quantitative estimate of drug-likeness (QED) is 0.636. The summed E-state index contributed by atoms with van der Waals surface area (Å²) in [5, 5.41) is 3.08. The molecule has 0 radical (unpaired) electrons. The molecule has 1 rings (SSSR count). The van der Waals surface area contributed by atoms with Gasteiger partial charge in [0.1, 0.15) is 0 Å². The van der Waals surface area contributed by atoms with E-state index in [0.717, 1.165) is 6.26 Å². The minimum atomic E-state index is -5.18. The van der Waals surface area contributed by atoms with Crippen molar-refractivity contribution in [2.24, 2.45) is 0 Å². The smallest absolute Gasteiger partial charge is 0.445 e. The van der Waals surface area contributed by atoms with Crippen LogP contribution >= 0.6 is 0 Å². The second kappa shape index (κ2) is 2.76. The Bertz CT molecular complexity index is 409. The van der Waals surface area contributed by atoms with E-state index < -0.39 is 22.5 Å². The third-order valence-corrected chi connectivity index (χ3v) is 2.18. The summed E-state index contributed by atoms with van der Waals surface area (Å²) in [5.74, 6) is 0. The maximum Gasteiger partial charge on any atom is 0.512 e. The summed E-state index contributed by atoms with van der Waals surface area (Å²) in [6.07, 6.45) is 1.71. The van der Waals surface area contributed by atoms with E-state index in [1.165, 1.54) is 0 Å². The van der Waals surface area contributed by atoms with Gasteiger partial charge in [-0.3, -0.25) is 0 Å². The molecule has 0 aliphatic rings. The van der Waals surface area contributed by atoms with Crippen molar-refractivity contribution in [2.45, 2.75) is 0 Å². The average Bonchev–Trinajstić information content (AvgIpc) is 2.28. The van der Waals surface area contributed by atoms with Gasteiger partial charge in [0.15, 0.2) is 0 Å². The zero-order valence-electron chi connectivity index (χ0n) is 6.49. The largest absolute Gasteiger partial charge is 0.512 e. The van der Waals surface area contributed by atoms with Gasteiger partial charge in [-0.15, -0.1) is 0 Å². The Morgan fingerprint density at radius 1 is 1.46 bits per heavy atom. The van der Waals surface area contributed by atoms with Crippen LogP contribution in [0, 0.1) is 0 Å². The van der Waals surface area contributed by atoms with Crippen LogP contribution in [0.2, 0.25) is 0 Å². The van der Waals surface area contributed by atoms with Crippen molar-refractivity contribution in [2.75, 3.05) is 6.26 Å². The molecule has 9 heteroatoms. The highest BCUT2D eigenvalue weighted by Gasteiger charge is 2.28. The maximum atomic E-state index is 12.0. The molecule has 0 bridgehead atoms. The van der Waals surface area contributed by atoms with Crippen molar-refractivity contribution in [3.05, 3.63) is 12.4 Å². The Morgan fingerprint density at radius 2 is 2.00 bits per heavy atom. The molecule has 0 spiro atoms. The molecule has 1 aromatic rings. The third kappa shape index (κ3) is 2.23. The molecule has 0 unspecified atom stereocenters. The summed E-state index contributed by atoms with van der Waals surface area (Å²) < 4.78 is 57.7. The van der Waals surface area contributed by atoms with Gasteiger partial charge < -0.3 is 12.9 Å². The molecule has 0 aromatic carbocycles. The van der Waals surface area contributed by atoms with Crippen molar-refractivity contribution < 1.29 is 21.4 Å². The Kier molecular flexibility index (Phi) is 2.14. The molecule has 74 valence electrons. The van der Waals surface area contributed by atoms with Gasteiger partial charge in [0.25, 0.3) is 10.0 Å². The fourth-order valence-corrected chi connectivity index (χ4v) is 1.20. The lowest BCUT2D eigenvalue weighted by atomic mass is 9.83. The Balaban J connectivity index is 3.16. The van der Waals surface area contributed by atoms with Crippen LogP contribution in [0.3, 0.4) is 0 Å². The SMILES string of the molecule is CS(=O)(=O)n1cc([B-](F)(F)F)cn1. The van der Waals surface area contributed by atoms with Gasteiger partial charge in [-0.1, -0.05) is 5.46 Å². The Labute approximate surface area is 72.5 Å². The Hall–Kier alpha value is -0.985. The lowest BCUT2D eigenvalue weighted by Crippen LogP contribution is -2.33. The molecular weight excluding hydrogens is 208 g/mol. The number of hydrogen-bond acceptors (Lipinski definition) is 3. The molecule has 0 atom stereocenters. The second-order valence-corrected chi connectivity index (χ2v) is 4.32. The van der Waals surface area contributed by atoms with Crippen molar-refractivity contribution in [3.8, 4) is 0 Å². The van der Waals surface area contributed by atoms with E-state index in [4.69, 9.17) is 0 Å². The normalized spacial score (nSPS) is 13.2. The van der Waals surface area contributed by atoms with Crippen LogP contribution in [-0.2, 0) is 10.0 Å². The molecule has 0 saturated heterocycles. The zero-order valence-corrected chi connectivity index (χ0v) is 7.30. The van der Waals surface area contributed by atoms with E-state index >= 15 is 0 Å². The topological polar surface area (TPSA) is 52.0 Å². The summed E-state index contributed by atoms with van der Waals surface area (Å²) in [7, 11) is -3.73. The third-order valence-electron chi connectivity index (χ3n) is 1.30. The lowest BCUT2D eigenvalue weighted by molar-refractivity contribution is 0.501. The molecule has 4 nitrogen and oxygen atoms in total. The van der Waals surface area contributed by atoms with Gasteiger partial charge in [0.05, 0.1) is 6.26 Å². The standard InChI is InChI=1S/C4H5BF3N2O2S/c1-13(11,12)10-3-4(2-9-10)5(6,7)8/h2-3H,1H3/q-1. The van der Waals surface area contributed by atoms with E-state index in [1.54, 1.807) is 0 Å². The van der Waals surface area contributed by atoms with Crippen LogP contribution in [0.25, 0.3) is 0 Å². The highest BCUT2D eigenvalue weighted by molar-refractivity contribution is 7.89. The van der Waals surface area contributed by atoms with E-state index in [-0.39, 0.29) is 4.09 Å². The zero-order chi connectivity index (χ0) is 10.3. The monoisotopic (exact) mass is 213 g/mol. The van der Waals surface area contributed by atoms with Crippen LogP contribution in [0.5, 0.6) is 0 Å². The summed E-state index contributed by atoms with van der Waals surface area (Å²) in [5.41, 5.74) is -1.02. The van der Waals surface area contributed by atoms with Gasteiger partial charge in [-0.25, -0.2) is 8.42 Å². The number of rotatable bonds is 2. The maximum absolute atomic E-state index is 12.0. The molecule has 0 amide bonds. The molecule has 0 aliphatic heterocycles. The first-order chi connectivity index (χ1) is 5.71. The number of nitrogens with zero attached hydrogens (tertiary/aromatic N) is 2. The summed E-state index contributed by atoms with van der Waals surface area (Å²) in [6, 6.07) is 0. The first-order valence-electron chi connectivity index (χ1n) is 3.16. The first kappa shape index (κ1) is 10.1. The number of halogens is 3. The first-order valence-corrected chi connectivity index (χ1v) is 5.01. The van der Waals surface area contributed by atoms with E-state index in [0.29, 0.717) is 12.4 Å². The van der Waals surface area contributed by atoms with Crippen molar-refractivity contribution >= 4 is 22.5 Å². The number of aromatic nitrogens is 2. The average molecular weight is 213 g/mol. The second-order valence-electron chi connectivity index (χ2n) is 2.48. The molecule has 0 aliphatic carbocycles. The van der Waals surface area contributed by atoms with Crippen molar-refractivity contribution in [1.29, 1.82) is 0 Å². The predicted molar refractivity (Wildman–Crippen MR) is 41.2 cm³/mol. The van der Waals surface area contributed by atoms with Gasteiger partial charge in [0.2, 0.25) is 0 Å². The van der Waals surface area contributed by atoms with Crippen LogP contribution in [0.1, 0.15) is 0 Å². The summed E-state index contributed by atoms with van der Waals surface area (Å²) >= 11 is 0. The van der Waals surface area contributed by atoms with Crippen LogP contribution in [-0.4, -0.2) is 30.8 Å². The van der Waals surface area contributed by atoms with E-state index in [2.05, 4.69) is 5.10 Å². The van der Waals surface area contributed by atoms with Gasteiger partial charge in [-0.05, 0) is 0 Å². The highest BCUT2D eigenvalue weighted by atomic mass is 32.2. The molecule has 0 fully saturated rings. The van der Waals surface area contributed by atoms with Crippen LogP contribution in [0.15, 0.2) is 12.4 Å². The van der Waals surface area contributed by atoms with E-state index in [1.807, 2.05) is 0 Å². The minimum absolute atomic E-state index is 0.289. The van der Waals surface area contributed by atoms with Crippen molar-refractivity contribution in [1.82, 2.24) is 9.19 Å². The van der Waals surface area contributed by atoms with Crippen molar-refractivity contribution in [3.63, 3.8) is 0 Å². The summed E-state index contributed by atoms with van der Waals surface area (Å²) in [6.45, 7) is -5.18. The highest BCUT2D eigenvalue weighted by Crippen LogP contribution is 2.07. The van der Waals surface area contributed by atoms with E-state index in [9.17, 15) is 21.4 Å². The fraction of sp³-hybridized carbons (Fsp3) is 0.250. The van der Waals surface area contributed by atoms with Crippen LogP contribution in [0.4, 0.5) is 12.9 Å². The summed E-state index contributed by atoms with van der Waals surface area (Å²) in [4.78, 5) is 0. The van der Waals surface area contributed by atoms with Gasteiger partial charge in [-0.2, -0.15) is 9.19 Å². The predicted octanol–water partition coefficient (Wildman–Crippen LogP) is -0.255. The fourth-order valence-electron chi connectivity index (χ4n) is 0.668. The molecule has 13 heavy (non-hydrogen) atoms. The molecule has 0 N–H and O–H groups in total. The lowest BCUT2D eigenvalue weighted by Gasteiger charge is -2.09.